The monoisotopic (exact) mass is 284 g/mol. The summed E-state index contributed by atoms with van der Waals surface area (Å²) in [4.78, 5) is 10.1. The first-order valence-corrected chi connectivity index (χ1v) is 6.78. The second-order valence-electron chi connectivity index (χ2n) is 4.80. The van der Waals surface area contributed by atoms with E-state index in [1.54, 1.807) is 0 Å². The number of hydrogen-bond donors (Lipinski definition) is 1. The summed E-state index contributed by atoms with van der Waals surface area (Å²) in [6.07, 6.45) is 4.26. The lowest BCUT2D eigenvalue weighted by atomic mass is 10.1. The standard InChI is InChI=1S/C14H21FN2O3/c1-4-5-6-7-10(2)16-12-9-14(20-3)13(17(18)19)8-11(12)15/h8-10,16H,4-7H2,1-3H3. The highest BCUT2D eigenvalue weighted by Gasteiger charge is 2.19. The number of unbranched alkanes of at least 4 members (excludes halogenated alkanes) is 2. The fraction of sp³-hybridized carbons (Fsp3) is 0.571. The van der Waals surface area contributed by atoms with Gasteiger partial charge in [-0.15, -0.1) is 0 Å². The number of halogens is 1. The van der Waals surface area contributed by atoms with Crippen LogP contribution in [0.4, 0.5) is 15.8 Å². The average molecular weight is 284 g/mol. The second kappa shape index (κ2) is 7.67. The molecule has 0 amide bonds. The van der Waals surface area contributed by atoms with Gasteiger partial charge in [-0.25, -0.2) is 4.39 Å². The third-order valence-corrected chi connectivity index (χ3v) is 3.11. The van der Waals surface area contributed by atoms with Crippen LogP contribution in [-0.2, 0) is 0 Å². The van der Waals surface area contributed by atoms with Gasteiger partial charge in [0.2, 0.25) is 0 Å². The van der Waals surface area contributed by atoms with Gasteiger partial charge in [0.25, 0.3) is 0 Å². The molecule has 5 nitrogen and oxygen atoms in total. The molecule has 1 rings (SSSR count). The number of nitro groups is 1. The fourth-order valence-corrected chi connectivity index (χ4v) is 2.00. The third kappa shape index (κ3) is 4.36. The lowest BCUT2D eigenvalue weighted by Gasteiger charge is -2.16. The normalized spacial score (nSPS) is 12.0. The summed E-state index contributed by atoms with van der Waals surface area (Å²) >= 11 is 0. The molecule has 0 aliphatic rings. The van der Waals surface area contributed by atoms with Gasteiger partial charge in [0.1, 0.15) is 0 Å². The maximum atomic E-state index is 13.9. The maximum Gasteiger partial charge on any atom is 0.313 e. The predicted octanol–water partition coefficient (Wildman–Crippen LogP) is 4.12. The molecule has 1 unspecified atom stereocenters. The number of methoxy groups -OCH3 is 1. The number of hydrogen-bond acceptors (Lipinski definition) is 4. The van der Waals surface area contributed by atoms with Crippen LogP contribution in [-0.4, -0.2) is 18.1 Å². The topological polar surface area (TPSA) is 64.4 Å². The number of anilines is 1. The van der Waals surface area contributed by atoms with Crippen LogP contribution >= 0.6 is 0 Å². The second-order valence-corrected chi connectivity index (χ2v) is 4.80. The Labute approximate surface area is 118 Å². The van der Waals surface area contributed by atoms with Crippen molar-refractivity contribution in [2.24, 2.45) is 0 Å². The van der Waals surface area contributed by atoms with E-state index in [0.717, 1.165) is 31.7 Å². The molecule has 20 heavy (non-hydrogen) atoms. The van der Waals surface area contributed by atoms with Gasteiger partial charge >= 0.3 is 5.69 Å². The summed E-state index contributed by atoms with van der Waals surface area (Å²) < 4.78 is 18.8. The van der Waals surface area contributed by atoms with E-state index in [0.29, 0.717) is 0 Å². The maximum absolute atomic E-state index is 13.9. The molecule has 6 heteroatoms. The van der Waals surface area contributed by atoms with Crippen molar-refractivity contribution in [2.75, 3.05) is 12.4 Å². The zero-order valence-electron chi connectivity index (χ0n) is 12.1. The number of nitro benzene ring substituents is 1. The summed E-state index contributed by atoms with van der Waals surface area (Å²) in [5.41, 5.74) is -0.134. The average Bonchev–Trinajstić information content (AvgIpc) is 2.40. The summed E-state index contributed by atoms with van der Waals surface area (Å²) in [6, 6.07) is 2.33. The van der Waals surface area contributed by atoms with E-state index in [1.807, 2.05) is 6.92 Å². The number of ether oxygens (including phenoxy) is 1. The Balaban J connectivity index is 2.82. The molecular weight excluding hydrogens is 263 g/mol. The Kier molecular flexibility index (Phi) is 6.21. The van der Waals surface area contributed by atoms with Crippen molar-refractivity contribution in [3.8, 4) is 5.75 Å². The van der Waals surface area contributed by atoms with Crippen molar-refractivity contribution in [1.29, 1.82) is 0 Å². The van der Waals surface area contributed by atoms with E-state index in [2.05, 4.69) is 12.2 Å². The Morgan fingerprint density at radius 2 is 2.15 bits per heavy atom. The van der Waals surface area contributed by atoms with Crippen LogP contribution in [0.2, 0.25) is 0 Å². The largest absolute Gasteiger partial charge is 0.490 e. The van der Waals surface area contributed by atoms with Crippen LogP contribution in [0.25, 0.3) is 0 Å². The summed E-state index contributed by atoms with van der Waals surface area (Å²) in [7, 11) is 1.33. The highest BCUT2D eigenvalue weighted by atomic mass is 19.1. The van der Waals surface area contributed by atoms with Gasteiger partial charge in [-0.1, -0.05) is 26.2 Å². The van der Waals surface area contributed by atoms with Crippen LogP contribution in [0.5, 0.6) is 5.75 Å². The van der Waals surface area contributed by atoms with Crippen LogP contribution in [0.3, 0.4) is 0 Å². The van der Waals surface area contributed by atoms with Crippen molar-refractivity contribution < 1.29 is 14.1 Å². The number of nitrogens with one attached hydrogen (secondary N) is 1. The molecule has 0 heterocycles. The highest BCUT2D eigenvalue weighted by molar-refractivity contribution is 5.59. The first-order valence-electron chi connectivity index (χ1n) is 6.78. The molecule has 112 valence electrons. The molecule has 1 aromatic rings. The fourth-order valence-electron chi connectivity index (χ4n) is 2.00. The molecule has 0 saturated heterocycles. The quantitative estimate of drug-likeness (QED) is 0.443. The molecule has 0 bridgehead atoms. The Morgan fingerprint density at radius 1 is 1.45 bits per heavy atom. The van der Waals surface area contributed by atoms with E-state index in [-0.39, 0.29) is 23.2 Å². The van der Waals surface area contributed by atoms with Crippen molar-refractivity contribution >= 4 is 11.4 Å². The van der Waals surface area contributed by atoms with Gasteiger partial charge in [-0.3, -0.25) is 10.1 Å². The molecule has 0 fully saturated rings. The minimum absolute atomic E-state index is 0.0552. The zero-order chi connectivity index (χ0) is 15.1. The Morgan fingerprint density at radius 3 is 2.70 bits per heavy atom. The third-order valence-electron chi connectivity index (χ3n) is 3.11. The summed E-state index contributed by atoms with van der Waals surface area (Å²) in [6.45, 7) is 4.09. The molecule has 0 spiro atoms. The van der Waals surface area contributed by atoms with E-state index in [1.165, 1.54) is 13.2 Å². The molecule has 0 aliphatic carbocycles. The molecular formula is C14H21FN2O3. The minimum Gasteiger partial charge on any atom is -0.490 e. The first kappa shape index (κ1) is 16.2. The number of nitrogens with zero attached hydrogens (tertiary/aromatic N) is 1. The van der Waals surface area contributed by atoms with Crippen molar-refractivity contribution in [3.05, 3.63) is 28.1 Å². The van der Waals surface area contributed by atoms with E-state index in [4.69, 9.17) is 4.74 Å². The molecule has 0 aromatic heterocycles. The van der Waals surface area contributed by atoms with Crippen molar-refractivity contribution in [2.45, 2.75) is 45.6 Å². The number of benzene rings is 1. The zero-order valence-corrected chi connectivity index (χ0v) is 12.1. The van der Waals surface area contributed by atoms with Gasteiger partial charge in [-0.05, 0) is 13.3 Å². The Hall–Kier alpha value is -1.85. The van der Waals surface area contributed by atoms with Crippen LogP contribution in [0.15, 0.2) is 12.1 Å². The van der Waals surface area contributed by atoms with E-state index in [9.17, 15) is 14.5 Å². The van der Waals surface area contributed by atoms with Crippen molar-refractivity contribution in [1.82, 2.24) is 0 Å². The van der Waals surface area contributed by atoms with Crippen LogP contribution in [0.1, 0.15) is 39.5 Å². The SMILES string of the molecule is CCCCCC(C)Nc1cc(OC)c([N+](=O)[O-])cc1F. The lowest BCUT2D eigenvalue weighted by Crippen LogP contribution is -2.16. The molecule has 0 radical (unpaired) electrons. The van der Waals surface area contributed by atoms with Gasteiger partial charge in [-0.2, -0.15) is 0 Å². The van der Waals surface area contributed by atoms with Gasteiger partial charge in [0, 0.05) is 12.1 Å². The van der Waals surface area contributed by atoms with Gasteiger partial charge in [0.15, 0.2) is 11.6 Å². The lowest BCUT2D eigenvalue weighted by molar-refractivity contribution is -0.385. The summed E-state index contributed by atoms with van der Waals surface area (Å²) in [5, 5.41) is 13.8. The predicted molar refractivity (Wildman–Crippen MR) is 76.8 cm³/mol. The van der Waals surface area contributed by atoms with Crippen LogP contribution < -0.4 is 10.1 Å². The van der Waals surface area contributed by atoms with Crippen LogP contribution in [0, 0.1) is 15.9 Å². The minimum atomic E-state index is -0.656. The van der Waals surface area contributed by atoms with Gasteiger partial charge in [0.05, 0.1) is 23.8 Å². The molecule has 0 aliphatic heterocycles. The van der Waals surface area contributed by atoms with Gasteiger partial charge < -0.3 is 10.1 Å². The molecule has 1 aromatic carbocycles. The Bertz CT molecular complexity index is 466. The molecule has 1 atom stereocenters. The number of rotatable bonds is 8. The van der Waals surface area contributed by atoms with E-state index >= 15 is 0 Å². The molecule has 0 saturated carbocycles. The highest BCUT2D eigenvalue weighted by Crippen LogP contribution is 2.32. The summed E-state index contributed by atoms with van der Waals surface area (Å²) in [5.74, 6) is -0.584. The molecule has 1 N–H and O–H groups in total. The smallest absolute Gasteiger partial charge is 0.313 e. The van der Waals surface area contributed by atoms with E-state index < -0.39 is 10.7 Å². The van der Waals surface area contributed by atoms with Crippen molar-refractivity contribution in [3.63, 3.8) is 0 Å². The first-order chi connectivity index (χ1) is 9.49.